The Bertz CT molecular complexity index is 948. The van der Waals surface area contributed by atoms with Gasteiger partial charge in [-0.3, -0.25) is 4.79 Å². The van der Waals surface area contributed by atoms with Crippen molar-refractivity contribution in [3.05, 3.63) is 58.7 Å². The predicted octanol–water partition coefficient (Wildman–Crippen LogP) is 1.56. The summed E-state index contributed by atoms with van der Waals surface area (Å²) in [5.74, 6) is -0.166. The molecule has 0 bridgehead atoms. The van der Waals surface area contributed by atoms with Gasteiger partial charge in [-0.05, 0) is 41.9 Å². The highest BCUT2D eigenvalue weighted by Crippen LogP contribution is 2.24. The van der Waals surface area contributed by atoms with Crippen LogP contribution in [0.25, 0.3) is 0 Å². The van der Waals surface area contributed by atoms with Crippen molar-refractivity contribution in [1.82, 2.24) is 15.4 Å². The molecule has 1 aliphatic rings. The molecule has 27 heavy (non-hydrogen) atoms. The number of amides is 1. The lowest BCUT2D eigenvalue weighted by Crippen LogP contribution is -2.24. The van der Waals surface area contributed by atoms with Gasteiger partial charge < -0.3 is 15.4 Å². The van der Waals surface area contributed by atoms with Gasteiger partial charge in [0.1, 0.15) is 10.6 Å². The average molecular weight is 412 g/mol. The first-order valence-electron chi connectivity index (χ1n) is 8.16. The molecular weight excluding hydrogens is 390 g/mol. The van der Waals surface area contributed by atoms with Crippen molar-refractivity contribution in [1.29, 1.82) is 0 Å². The molecular formula is C18H22ClN3O4S. The Hall–Kier alpha value is -2.13. The van der Waals surface area contributed by atoms with Gasteiger partial charge in [-0.1, -0.05) is 18.2 Å². The quantitative estimate of drug-likeness (QED) is 0.670. The Morgan fingerprint density at radius 1 is 1.15 bits per heavy atom. The standard InChI is InChI=1S/C18H21N3O4S.ClH/c1-19-26(23,24)17-8-13(5-6-16(17)25-2)18(22)21-9-12-3-4-14-10-20-11-15(14)7-12;/h3-8,19-20H,9-11H2,1-2H3,(H,21,22);1H. The van der Waals surface area contributed by atoms with Crippen molar-refractivity contribution in [2.45, 2.75) is 24.5 Å². The number of carbonyl (C=O) groups excluding carboxylic acids is 1. The van der Waals surface area contributed by atoms with E-state index < -0.39 is 10.0 Å². The molecule has 0 aliphatic carbocycles. The minimum Gasteiger partial charge on any atom is -0.495 e. The van der Waals surface area contributed by atoms with Crippen molar-refractivity contribution < 1.29 is 17.9 Å². The minimum absolute atomic E-state index is 0. The van der Waals surface area contributed by atoms with Crippen LogP contribution in [0.15, 0.2) is 41.3 Å². The number of nitrogens with one attached hydrogen (secondary N) is 3. The average Bonchev–Trinajstić information content (AvgIpc) is 3.13. The molecule has 0 fully saturated rings. The van der Waals surface area contributed by atoms with Crippen LogP contribution in [0.3, 0.4) is 0 Å². The van der Waals surface area contributed by atoms with Gasteiger partial charge in [-0.25, -0.2) is 13.1 Å². The Morgan fingerprint density at radius 2 is 1.89 bits per heavy atom. The number of benzene rings is 2. The van der Waals surface area contributed by atoms with Crippen molar-refractivity contribution in [3.63, 3.8) is 0 Å². The van der Waals surface area contributed by atoms with Crippen LogP contribution in [0.4, 0.5) is 0 Å². The Balaban J connectivity index is 0.00000261. The number of halogens is 1. The topological polar surface area (TPSA) is 96.5 Å². The van der Waals surface area contributed by atoms with Crippen molar-refractivity contribution in [3.8, 4) is 5.75 Å². The molecule has 0 radical (unpaired) electrons. The third-order valence-corrected chi connectivity index (χ3v) is 5.77. The second-order valence-corrected chi connectivity index (χ2v) is 7.82. The smallest absolute Gasteiger partial charge is 0.251 e. The van der Waals surface area contributed by atoms with Crippen molar-refractivity contribution >= 4 is 28.3 Å². The fourth-order valence-corrected chi connectivity index (χ4v) is 3.80. The number of carbonyl (C=O) groups is 1. The summed E-state index contributed by atoms with van der Waals surface area (Å²) in [5, 5.41) is 6.11. The molecule has 7 nitrogen and oxygen atoms in total. The van der Waals surface area contributed by atoms with E-state index in [1.54, 1.807) is 0 Å². The van der Waals surface area contributed by atoms with E-state index in [1.807, 2.05) is 6.07 Å². The highest BCUT2D eigenvalue weighted by molar-refractivity contribution is 7.89. The van der Waals surface area contributed by atoms with Crippen LogP contribution in [-0.4, -0.2) is 28.5 Å². The lowest BCUT2D eigenvalue weighted by molar-refractivity contribution is 0.0950. The molecule has 9 heteroatoms. The molecule has 3 N–H and O–H groups in total. The van der Waals surface area contributed by atoms with E-state index >= 15 is 0 Å². The predicted molar refractivity (Wildman–Crippen MR) is 105 cm³/mol. The first kappa shape index (κ1) is 21.2. The summed E-state index contributed by atoms with van der Waals surface area (Å²) in [6.07, 6.45) is 0. The van der Waals surface area contributed by atoms with Crippen LogP contribution in [0, 0.1) is 0 Å². The molecule has 0 atom stereocenters. The lowest BCUT2D eigenvalue weighted by Gasteiger charge is -2.11. The number of rotatable bonds is 6. The van der Waals surface area contributed by atoms with Gasteiger partial charge in [0.15, 0.2) is 0 Å². The number of hydrogen-bond donors (Lipinski definition) is 3. The highest BCUT2D eigenvalue weighted by Gasteiger charge is 2.20. The molecule has 0 saturated heterocycles. The van der Waals surface area contributed by atoms with Crippen LogP contribution in [0.2, 0.25) is 0 Å². The maximum atomic E-state index is 12.4. The number of fused-ring (bicyclic) bond motifs is 1. The van der Waals surface area contributed by atoms with Crippen LogP contribution in [-0.2, 0) is 29.7 Å². The first-order chi connectivity index (χ1) is 12.4. The SMILES string of the molecule is CNS(=O)(=O)c1cc(C(=O)NCc2ccc3c(c2)CNC3)ccc1OC.Cl. The van der Waals surface area contributed by atoms with Gasteiger partial charge in [0, 0.05) is 25.2 Å². The molecule has 2 aromatic rings. The second kappa shape index (κ2) is 8.71. The van der Waals surface area contributed by atoms with E-state index in [-0.39, 0.29) is 34.5 Å². The zero-order chi connectivity index (χ0) is 18.7. The van der Waals surface area contributed by atoms with Crippen LogP contribution < -0.4 is 20.1 Å². The summed E-state index contributed by atoms with van der Waals surface area (Å²) in [7, 11) is -1.04. The molecule has 1 heterocycles. The summed E-state index contributed by atoms with van der Waals surface area (Å²) in [6.45, 7) is 2.07. The fraction of sp³-hybridized carbons (Fsp3) is 0.278. The van der Waals surface area contributed by atoms with E-state index in [1.165, 1.54) is 43.5 Å². The van der Waals surface area contributed by atoms with Gasteiger partial charge in [-0.15, -0.1) is 12.4 Å². The molecule has 146 valence electrons. The summed E-state index contributed by atoms with van der Waals surface area (Å²) in [4.78, 5) is 12.4. The molecule has 1 aliphatic heterocycles. The molecule has 0 spiro atoms. The molecule has 1 amide bonds. The zero-order valence-corrected chi connectivity index (χ0v) is 16.7. The normalized spacial score (nSPS) is 12.8. The van der Waals surface area contributed by atoms with Crippen LogP contribution >= 0.6 is 12.4 Å². The van der Waals surface area contributed by atoms with E-state index in [0.29, 0.717) is 6.54 Å². The maximum absolute atomic E-state index is 12.4. The fourth-order valence-electron chi connectivity index (χ4n) is 2.88. The second-order valence-electron chi connectivity index (χ2n) is 5.96. The van der Waals surface area contributed by atoms with E-state index in [0.717, 1.165) is 18.7 Å². The lowest BCUT2D eigenvalue weighted by atomic mass is 10.1. The van der Waals surface area contributed by atoms with Gasteiger partial charge in [0.25, 0.3) is 5.91 Å². The van der Waals surface area contributed by atoms with Gasteiger partial charge in [0.2, 0.25) is 10.0 Å². The van der Waals surface area contributed by atoms with E-state index in [2.05, 4.69) is 27.5 Å². The number of sulfonamides is 1. The summed E-state index contributed by atoms with van der Waals surface area (Å²) >= 11 is 0. The van der Waals surface area contributed by atoms with Gasteiger partial charge >= 0.3 is 0 Å². The first-order valence-corrected chi connectivity index (χ1v) is 9.64. The molecule has 0 aromatic heterocycles. The Kier molecular flexibility index (Phi) is 6.83. The molecule has 0 unspecified atom stereocenters. The number of ether oxygens (including phenoxy) is 1. The van der Waals surface area contributed by atoms with Gasteiger partial charge in [0.05, 0.1) is 7.11 Å². The third-order valence-electron chi connectivity index (χ3n) is 4.34. The van der Waals surface area contributed by atoms with E-state index in [9.17, 15) is 13.2 Å². The summed E-state index contributed by atoms with van der Waals surface area (Å²) in [5.41, 5.74) is 3.76. The zero-order valence-electron chi connectivity index (χ0n) is 15.0. The largest absolute Gasteiger partial charge is 0.495 e. The maximum Gasteiger partial charge on any atom is 0.251 e. The number of methoxy groups -OCH3 is 1. The van der Waals surface area contributed by atoms with Crippen molar-refractivity contribution in [2.75, 3.05) is 14.2 Å². The minimum atomic E-state index is -3.73. The molecule has 0 saturated carbocycles. The molecule has 3 rings (SSSR count). The van der Waals surface area contributed by atoms with Crippen LogP contribution in [0.1, 0.15) is 27.0 Å². The van der Waals surface area contributed by atoms with Crippen molar-refractivity contribution in [2.24, 2.45) is 0 Å². The summed E-state index contributed by atoms with van der Waals surface area (Å²) < 4.78 is 31.5. The monoisotopic (exact) mass is 411 g/mol. The van der Waals surface area contributed by atoms with Gasteiger partial charge in [-0.2, -0.15) is 0 Å². The van der Waals surface area contributed by atoms with Crippen LogP contribution in [0.5, 0.6) is 5.75 Å². The Morgan fingerprint density at radius 3 is 2.59 bits per heavy atom. The molecule has 2 aromatic carbocycles. The number of hydrogen-bond acceptors (Lipinski definition) is 5. The third kappa shape index (κ3) is 4.59. The Labute approximate surface area is 165 Å². The van der Waals surface area contributed by atoms with E-state index in [4.69, 9.17) is 4.74 Å². The highest BCUT2D eigenvalue weighted by atomic mass is 35.5. The summed E-state index contributed by atoms with van der Waals surface area (Å²) in [6, 6.07) is 10.4.